The topological polar surface area (TPSA) is 93.3 Å². The van der Waals surface area contributed by atoms with Crippen molar-refractivity contribution >= 4 is 17.8 Å². The zero-order chi connectivity index (χ0) is 21.0. The third-order valence-corrected chi connectivity index (χ3v) is 5.42. The Morgan fingerprint density at radius 1 is 1.31 bits per heavy atom. The van der Waals surface area contributed by atoms with E-state index >= 15 is 0 Å². The average molecular weight is 391 g/mol. The van der Waals surface area contributed by atoms with Crippen LogP contribution in [0, 0.1) is 11.3 Å². The quantitative estimate of drug-likeness (QED) is 0.792. The van der Waals surface area contributed by atoms with E-state index in [0.29, 0.717) is 28.2 Å². The molecule has 1 aromatic carbocycles. The number of cyclic esters (lactones) is 1. The van der Waals surface area contributed by atoms with Gasteiger partial charge in [-0.15, -0.1) is 0 Å². The molecule has 2 aromatic rings. The number of hydrogen-bond donors (Lipinski definition) is 1. The van der Waals surface area contributed by atoms with Crippen molar-refractivity contribution < 1.29 is 19.1 Å². The molecule has 4 rings (SSSR count). The Labute approximate surface area is 168 Å². The van der Waals surface area contributed by atoms with E-state index in [2.05, 4.69) is 11.4 Å². The first-order valence-electron chi connectivity index (χ1n) is 9.25. The molecule has 0 spiro atoms. The predicted molar refractivity (Wildman–Crippen MR) is 105 cm³/mol. The highest BCUT2D eigenvalue weighted by Gasteiger charge is 2.58. The number of carbonyl (C=O) groups is 2. The lowest BCUT2D eigenvalue weighted by atomic mass is 9.66. The van der Waals surface area contributed by atoms with Crippen molar-refractivity contribution in [2.75, 3.05) is 19.0 Å². The monoisotopic (exact) mass is 391 g/mol. The van der Waals surface area contributed by atoms with Gasteiger partial charge in [-0.25, -0.2) is 4.79 Å². The maximum atomic E-state index is 13.5. The molecule has 0 amide bonds. The molecule has 0 aliphatic carbocycles. The fourth-order valence-electron chi connectivity index (χ4n) is 4.23. The molecule has 1 atom stereocenters. The van der Waals surface area contributed by atoms with E-state index in [1.54, 1.807) is 30.5 Å². The van der Waals surface area contributed by atoms with Gasteiger partial charge in [0.25, 0.3) is 0 Å². The fourth-order valence-corrected chi connectivity index (χ4v) is 4.23. The van der Waals surface area contributed by atoms with Crippen molar-refractivity contribution in [1.29, 1.82) is 5.26 Å². The molecule has 2 aliphatic heterocycles. The Balaban J connectivity index is 2.20. The lowest BCUT2D eigenvalue weighted by molar-refractivity contribution is -0.147. The number of anilines is 1. The summed E-state index contributed by atoms with van der Waals surface area (Å²) < 4.78 is 12.4. The van der Waals surface area contributed by atoms with Gasteiger partial charge in [-0.2, -0.15) is 5.26 Å². The Morgan fingerprint density at radius 3 is 2.59 bits per heavy atom. The zero-order valence-corrected chi connectivity index (χ0v) is 16.7. The largest absolute Gasteiger partial charge is 0.468 e. The van der Waals surface area contributed by atoms with Gasteiger partial charge < -0.3 is 19.4 Å². The average Bonchev–Trinajstić information content (AvgIpc) is 3.27. The number of nitriles is 1. The second-order valence-electron chi connectivity index (χ2n) is 8.08. The number of hydrogen-bond acceptors (Lipinski definition) is 6. The van der Waals surface area contributed by atoms with Crippen LogP contribution in [0.25, 0.3) is 0 Å². The van der Waals surface area contributed by atoms with Crippen LogP contribution in [0.15, 0.2) is 47.8 Å². The SMILES string of the molecule is COC(=O)[C@]1(c2ccccc2)C2=C(COC2=O)Nc2c1c(C#N)cn2C(C)(C)C. The number of carbonyl (C=O) groups excluding carboxylic acids is 2. The van der Waals surface area contributed by atoms with Gasteiger partial charge in [-0.05, 0) is 26.3 Å². The highest BCUT2D eigenvalue weighted by Crippen LogP contribution is 2.52. The molecule has 7 nitrogen and oxygen atoms in total. The summed E-state index contributed by atoms with van der Waals surface area (Å²) in [5.41, 5.74) is -0.0541. The maximum absolute atomic E-state index is 13.5. The predicted octanol–water partition coefficient (Wildman–Crippen LogP) is 2.81. The minimum atomic E-state index is -1.60. The lowest BCUT2D eigenvalue weighted by Gasteiger charge is -2.37. The Kier molecular flexibility index (Phi) is 4.05. The van der Waals surface area contributed by atoms with Gasteiger partial charge in [0.15, 0.2) is 5.41 Å². The number of ether oxygens (including phenoxy) is 2. The van der Waals surface area contributed by atoms with E-state index in [1.165, 1.54) is 7.11 Å². The number of aromatic nitrogens is 1. The highest BCUT2D eigenvalue weighted by molar-refractivity contribution is 6.09. The van der Waals surface area contributed by atoms with Gasteiger partial charge in [0.05, 0.1) is 23.9 Å². The summed E-state index contributed by atoms with van der Waals surface area (Å²) in [6.07, 6.45) is 1.71. The van der Waals surface area contributed by atoms with Crippen LogP contribution >= 0.6 is 0 Å². The van der Waals surface area contributed by atoms with Crippen LogP contribution in [0.2, 0.25) is 0 Å². The van der Waals surface area contributed by atoms with Crippen molar-refractivity contribution in [3.8, 4) is 6.07 Å². The van der Waals surface area contributed by atoms with E-state index in [9.17, 15) is 14.9 Å². The van der Waals surface area contributed by atoms with Crippen LogP contribution in [0.1, 0.15) is 37.5 Å². The normalized spacial score (nSPS) is 20.3. The number of nitrogens with one attached hydrogen (secondary N) is 1. The number of methoxy groups -OCH3 is 1. The summed E-state index contributed by atoms with van der Waals surface area (Å²) in [5.74, 6) is -0.652. The molecule has 148 valence electrons. The fraction of sp³-hybridized carbons (Fsp3) is 0.318. The zero-order valence-electron chi connectivity index (χ0n) is 16.7. The summed E-state index contributed by atoms with van der Waals surface area (Å²) in [4.78, 5) is 26.3. The molecule has 0 saturated carbocycles. The van der Waals surface area contributed by atoms with Crippen LogP contribution in [0.4, 0.5) is 5.82 Å². The van der Waals surface area contributed by atoms with Gasteiger partial charge in [0.2, 0.25) is 0 Å². The van der Waals surface area contributed by atoms with Crippen molar-refractivity contribution in [2.24, 2.45) is 0 Å². The standard InChI is InChI=1S/C22H21N3O4/c1-21(2,3)25-11-13(10-23)16-18(25)24-15-12-29-19(26)17(15)22(16,20(27)28-4)14-8-6-5-7-9-14/h5-9,11,24H,12H2,1-4H3/t22-/m0/s1. The molecule has 1 aromatic heterocycles. The van der Waals surface area contributed by atoms with Crippen LogP contribution in [-0.2, 0) is 30.0 Å². The number of esters is 2. The molecular formula is C22H21N3O4. The van der Waals surface area contributed by atoms with Crippen molar-refractivity contribution in [1.82, 2.24) is 4.57 Å². The Bertz CT molecular complexity index is 1100. The van der Waals surface area contributed by atoms with Crippen LogP contribution in [0.3, 0.4) is 0 Å². The van der Waals surface area contributed by atoms with E-state index < -0.39 is 17.4 Å². The van der Waals surface area contributed by atoms with E-state index in [4.69, 9.17) is 9.47 Å². The van der Waals surface area contributed by atoms with Crippen LogP contribution in [-0.4, -0.2) is 30.2 Å². The number of nitrogens with zero attached hydrogens (tertiary/aromatic N) is 2. The highest BCUT2D eigenvalue weighted by atomic mass is 16.5. The van der Waals surface area contributed by atoms with Gasteiger partial charge in [0, 0.05) is 17.3 Å². The van der Waals surface area contributed by atoms with E-state index in [1.807, 2.05) is 31.4 Å². The van der Waals surface area contributed by atoms with Gasteiger partial charge in [0.1, 0.15) is 18.5 Å². The molecule has 0 radical (unpaired) electrons. The minimum absolute atomic E-state index is 0.0242. The molecule has 29 heavy (non-hydrogen) atoms. The summed E-state index contributed by atoms with van der Waals surface area (Å²) in [6.45, 7) is 6.02. The van der Waals surface area contributed by atoms with E-state index in [-0.39, 0.29) is 17.7 Å². The van der Waals surface area contributed by atoms with E-state index in [0.717, 1.165) is 0 Å². The Morgan fingerprint density at radius 2 is 2.00 bits per heavy atom. The maximum Gasteiger partial charge on any atom is 0.338 e. The molecule has 0 saturated heterocycles. The van der Waals surface area contributed by atoms with Crippen LogP contribution < -0.4 is 5.32 Å². The number of rotatable bonds is 2. The second kappa shape index (κ2) is 6.24. The third kappa shape index (κ3) is 2.42. The first-order chi connectivity index (χ1) is 13.8. The smallest absolute Gasteiger partial charge is 0.338 e. The molecule has 3 heterocycles. The first-order valence-corrected chi connectivity index (χ1v) is 9.25. The summed E-state index contributed by atoms with van der Waals surface area (Å²) in [7, 11) is 1.28. The number of benzene rings is 1. The number of fused-ring (bicyclic) bond motifs is 1. The van der Waals surface area contributed by atoms with Gasteiger partial charge in [-0.3, -0.25) is 4.79 Å². The molecule has 0 fully saturated rings. The molecule has 7 heteroatoms. The molecule has 2 aliphatic rings. The molecule has 0 unspecified atom stereocenters. The third-order valence-electron chi connectivity index (χ3n) is 5.42. The summed E-state index contributed by atoms with van der Waals surface area (Å²) in [5, 5.41) is 13.2. The molecular weight excluding hydrogens is 370 g/mol. The van der Waals surface area contributed by atoms with Crippen LogP contribution in [0.5, 0.6) is 0 Å². The van der Waals surface area contributed by atoms with Gasteiger partial charge >= 0.3 is 11.9 Å². The molecule has 0 bridgehead atoms. The van der Waals surface area contributed by atoms with Crippen molar-refractivity contribution in [3.05, 3.63) is 64.5 Å². The molecule has 1 N–H and O–H groups in total. The summed E-state index contributed by atoms with van der Waals surface area (Å²) >= 11 is 0. The van der Waals surface area contributed by atoms with Crippen molar-refractivity contribution in [3.63, 3.8) is 0 Å². The summed E-state index contributed by atoms with van der Waals surface area (Å²) in [6, 6.07) is 11.1. The Hall–Kier alpha value is -3.53. The lowest BCUT2D eigenvalue weighted by Crippen LogP contribution is -2.46. The second-order valence-corrected chi connectivity index (χ2v) is 8.08. The minimum Gasteiger partial charge on any atom is -0.468 e. The first kappa shape index (κ1) is 18.8. The van der Waals surface area contributed by atoms with Crippen molar-refractivity contribution in [2.45, 2.75) is 31.7 Å². The van der Waals surface area contributed by atoms with Gasteiger partial charge in [-0.1, -0.05) is 30.3 Å².